The molecule has 2 aromatic rings. The second kappa shape index (κ2) is 4.41. The molecule has 17 heavy (non-hydrogen) atoms. The first-order valence-electron chi connectivity index (χ1n) is 5.87. The summed E-state index contributed by atoms with van der Waals surface area (Å²) in [5.41, 5.74) is 3.85. The van der Waals surface area contributed by atoms with Crippen LogP contribution < -0.4 is 10.1 Å². The summed E-state index contributed by atoms with van der Waals surface area (Å²) in [6, 6.07) is 8.93. The Morgan fingerprint density at radius 2 is 2.29 bits per heavy atom. The molecule has 0 saturated heterocycles. The zero-order valence-electron chi connectivity index (χ0n) is 9.77. The van der Waals surface area contributed by atoms with E-state index in [2.05, 4.69) is 47.3 Å². The fourth-order valence-electron chi connectivity index (χ4n) is 2.16. The van der Waals surface area contributed by atoms with Gasteiger partial charge in [-0.2, -0.15) is 11.3 Å². The molecule has 2 nitrogen and oxygen atoms in total. The zero-order valence-corrected chi connectivity index (χ0v) is 10.6. The Kier molecular flexibility index (Phi) is 2.77. The molecule has 0 spiro atoms. The number of thiophene rings is 1. The minimum atomic E-state index is 0.329. The monoisotopic (exact) mass is 245 g/mol. The molecule has 88 valence electrons. The Hall–Kier alpha value is -1.48. The van der Waals surface area contributed by atoms with E-state index in [9.17, 15) is 0 Å². The van der Waals surface area contributed by atoms with E-state index in [0.717, 1.165) is 18.8 Å². The van der Waals surface area contributed by atoms with Gasteiger partial charge in [-0.3, -0.25) is 0 Å². The van der Waals surface area contributed by atoms with E-state index >= 15 is 0 Å². The van der Waals surface area contributed by atoms with Gasteiger partial charge in [0.25, 0.3) is 0 Å². The summed E-state index contributed by atoms with van der Waals surface area (Å²) >= 11 is 1.71. The molecule has 1 aromatic heterocycles. The van der Waals surface area contributed by atoms with Crippen molar-refractivity contribution in [3.05, 3.63) is 46.2 Å². The van der Waals surface area contributed by atoms with Crippen LogP contribution in [0.25, 0.3) is 0 Å². The van der Waals surface area contributed by atoms with Gasteiger partial charge in [0, 0.05) is 23.5 Å². The van der Waals surface area contributed by atoms with Gasteiger partial charge < -0.3 is 10.1 Å². The predicted octanol–water partition coefficient (Wildman–Crippen LogP) is 3.86. The molecular formula is C14H15NOS. The van der Waals surface area contributed by atoms with E-state index in [1.165, 1.54) is 16.8 Å². The maximum absolute atomic E-state index is 5.52. The quantitative estimate of drug-likeness (QED) is 0.886. The van der Waals surface area contributed by atoms with Crippen LogP contribution in [0.15, 0.2) is 35.0 Å². The minimum Gasteiger partial charge on any atom is -0.493 e. The lowest BCUT2D eigenvalue weighted by atomic mass is 10.0. The average Bonchev–Trinajstić information content (AvgIpc) is 2.97. The fourth-order valence-corrected chi connectivity index (χ4v) is 2.75. The molecule has 0 bridgehead atoms. The molecule has 1 aromatic carbocycles. The molecule has 3 heteroatoms. The van der Waals surface area contributed by atoms with Crippen molar-refractivity contribution in [1.82, 2.24) is 0 Å². The topological polar surface area (TPSA) is 21.3 Å². The first-order chi connectivity index (χ1) is 8.33. The molecule has 2 heterocycles. The van der Waals surface area contributed by atoms with Crippen LogP contribution in [0.5, 0.6) is 5.75 Å². The van der Waals surface area contributed by atoms with E-state index in [4.69, 9.17) is 4.74 Å². The third-order valence-electron chi connectivity index (χ3n) is 3.12. The number of ether oxygens (including phenoxy) is 1. The van der Waals surface area contributed by atoms with E-state index in [-0.39, 0.29) is 0 Å². The summed E-state index contributed by atoms with van der Waals surface area (Å²) in [6.07, 6.45) is 1.04. The highest BCUT2D eigenvalue weighted by atomic mass is 32.1. The molecule has 1 N–H and O–H groups in total. The number of benzene rings is 1. The lowest BCUT2D eigenvalue weighted by Gasteiger charge is -2.15. The second-order valence-corrected chi connectivity index (χ2v) is 5.12. The average molecular weight is 245 g/mol. The van der Waals surface area contributed by atoms with Crippen molar-refractivity contribution < 1.29 is 4.74 Å². The molecule has 1 unspecified atom stereocenters. The molecule has 1 aliphatic rings. The maximum Gasteiger partial charge on any atom is 0.122 e. The first kappa shape index (κ1) is 10.7. The van der Waals surface area contributed by atoms with Crippen LogP contribution in [-0.4, -0.2) is 6.61 Å². The van der Waals surface area contributed by atoms with Crippen LogP contribution >= 0.6 is 11.3 Å². The van der Waals surface area contributed by atoms with Gasteiger partial charge in [-0.05, 0) is 41.6 Å². The summed E-state index contributed by atoms with van der Waals surface area (Å²) in [6.45, 7) is 3.01. The Morgan fingerprint density at radius 1 is 1.35 bits per heavy atom. The van der Waals surface area contributed by atoms with Crippen molar-refractivity contribution in [2.75, 3.05) is 11.9 Å². The highest BCUT2D eigenvalue weighted by molar-refractivity contribution is 7.08. The van der Waals surface area contributed by atoms with Gasteiger partial charge in [-0.1, -0.05) is 6.07 Å². The summed E-state index contributed by atoms with van der Waals surface area (Å²) in [7, 11) is 0. The molecule has 0 aliphatic carbocycles. The summed E-state index contributed by atoms with van der Waals surface area (Å²) in [5.74, 6) is 1.05. The van der Waals surface area contributed by atoms with Crippen LogP contribution in [0.1, 0.15) is 24.1 Å². The molecule has 0 saturated carbocycles. The lowest BCUT2D eigenvalue weighted by molar-refractivity contribution is 0.357. The molecule has 0 radical (unpaired) electrons. The molecule has 1 atom stereocenters. The van der Waals surface area contributed by atoms with Crippen molar-refractivity contribution in [3.8, 4) is 5.75 Å². The van der Waals surface area contributed by atoms with Gasteiger partial charge >= 0.3 is 0 Å². The standard InChI is InChI=1S/C14H15NOS/c1-10(15-13-5-7-17-9-13)11-2-3-14-12(8-11)4-6-16-14/h2-3,5,7-10,15H,4,6H2,1H3. The predicted molar refractivity (Wildman–Crippen MR) is 72.0 cm³/mol. The van der Waals surface area contributed by atoms with E-state index in [1.807, 2.05) is 0 Å². The number of anilines is 1. The first-order valence-corrected chi connectivity index (χ1v) is 6.81. The fraction of sp³-hybridized carbons (Fsp3) is 0.286. The van der Waals surface area contributed by atoms with Gasteiger partial charge in [-0.15, -0.1) is 0 Å². The van der Waals surface area contributed by atoms with E-state index in [0.29, 0.717) is 6.04 Å². The van der Waals surface area contributed by atoms with Crippen LogP contribution in [0.3, 0.4) is 0 Å². The molecule has 0 amide bonds. The highest BCUT2D eigenvalue weighted by Gasteiger charge is 2.14. The number of fused-ring (bicyclic) bond motifs is 1. The van der Waals surface area contributed by atoms with E-state index < -0.39 is 0 Å². The number of nitrogens with one attached hydrogen (secondary N) is 1. The molecular weight excluding hydrogens is 230 g/mol. The van der Waals surface area contributed by atoms with Crippen LogP contribution in [0.4, 0.5) is 5.69 Å². The number of hydrogen-bond donors (Lipinski definition) is 1. The van der Waals surface area contributed by atoms with Crippen LogP contribution in [0.2, 0.25) is 0 Å². The Labute approximate surface area is 105 Å². The smallest absolute Gasteiger partial charge is 0.122 e. The van der Waals surface area contributed by atoms with Crippen LogP contribution in [-0.2, 0) is 6.42 Å². The van der Waals surface area contributed by atoms with Crippen LogP contribution in [0, 0.1) is 0 Å². The van der Waals surface area contributed by atoms with E-state index in [1.54, 1.807) is 11.3 Å². The second-order valence-electron chi connectivity index (χ2n) is 4.34. The Morgan fingerprint density at radius 3 is 3.12 bits per heavy atom. The summed E-state index contributed by atoms with van der Waals surface area (Å²) in [5, 5.41) is 7.72. The Balaban J connectivity index is 1.79. The highest BCUT2D eigenvalue weighted by Crippen LogP contribution is 2.29. The van der Waals surface area contributed by atoms with Gasteiger partial charge in [0.2, 0.25) is 0 Å². The summed E-state index contributed by atoms with van der Waals surface area (Å²) in [4.78, 5) is 0. The zero-order chi connectivity index (χ0) is 11.7. The van der Waals surface area contributed by atoms with Gasteiger partial charge in [0.05, 0.1) is 6.61 Å². The number of rotatable bonds is 3. The molecule has 0 fully saturated rings. The Bertz CT molecular complexity index is 507. The lowest BCUT2D eigenvalue weighted by Crippen LogP contribution is -2.05. The van der Waals surface area contributed by atoms with Crippen molar-refractivity contribution in [2.24, 2.45) is 0 Å². The maximum atomic E-state index is 5.52. The largest absolute Gasteiger partial charge is 0.493 e. The summed E-state index contributed by atoms with van der Waals surface area (Å²) < 4.78 is 5.52. The van der Waals surface area contributed by atoms with Gasteiger partial charge in [0.1, 0.15) is 5.75 Å². The third-order valence-corrected chi connectivity index (χ3v) is 3.80. The van der Waals surface area contributed by atoms with Gasteiger partial charge in [-0.25, -0.2) is 0 Å². The van der Waals surface area contributed by atoms with Crippen molar-refractivity contribution in [2.45, 2.75) is 19.4 Å². The minimum absolute atomic E-state index is 0.329. The van der Waals surface area contributed by atoms with Crippen molar-refractivity contribution >= 4 is 17.0 Å². The van der Waals surface area contributed by atoms with Gasteiger partial charge in [0.15, 0.2) is 0 Å². The van der Waals surface area contributed by atoms with Crippen molar-refractivity contribution in [3.63, 3.8) is 0 Å². The normalized spacial score (nSPS) is 15.1. The van der Waals surface area contributed by atoms with Crippen molar-refractivity contribution in [1.29, 1.82) is 0 Å². The number of hydrogen-bond acceptors (Lipinski definition) is 3. The third kappa shape index (κ3) is 2.15. The SMILES string of the molecule is CC(Nc1ccsc1)c1ccc2c(c1)CCO2. The molecule has 3 rings (SSSR count). The molecule has 1 aliphatic heterocycles.